The summed E-state index contributed by atoms with van der Waals surface area (Å²) in [6.07, 6.45) is 1.82. The molecule has 0 saturated heterocycles. The second-order valence-corrected chi connectivity index (χ2v) is 5.33. The topological polar surface area (TPSA) is 59.2 Å². The van der Waals surface area contributed by atoms with Crippen LogP contribution in [0, 0.1) is 5.92 Å². The van der Waals surface area contributed by atoms with Crippen molar-refractivity contribution in [3.8, 4) is 22.8 Å². The average Bonchev–Trinajstić information content (AvgIpc) is 2.95. The van der Waals surface area contributed by atoms with Crippen molar-refractivity contribution in [1.82, 2.24) is 15.3 Å². The highest BCUT2D eigenvalue weighted by molar-refractivity contribution is 5.68. The molecule has 0 unspecified atom stereocenters. The van der Waals surface area contributed by atoms with Gasteiger partial charge in [-0.3, -0.25) is 0 Å². The van der Waals surface area contributed by atoms with E-state index in [1.54, 1.807) is 14.2 Å². The molecule has 0 aliphatic carbocycles. The molecule has 0 aliphatic heterocycles. The number of aromatic nitrogens is 2. The third kappa shape index (κ3) is 3.98. The van der Waals surface area contributed by atoms with Gasteiger partial charge in [-0.2, -0.15) is 0 Å². The molecule has 0 fully saturated rings. The Morgan fingerprint density at radius 2 is 2.05 bits per heavy atom. The van der Waals surface area contributed by atoms with Crippen molar-refractivity contribution in [3.05, 3.63) is 30.2 Å². The first kappa shape index (κ1) is 15.4. The molecule has 0 aliphatic rings. The Labute approximate surface area is 125 Å². The van der Waals surface area contributed by atoms with E-state index in [0.717, 1.165) is 41.7 Å². The van der Waals surface area contributed by atoms with Gasteiger partial charge in [-0.05, 0) is 30.7 Å². The summed E-state index contributed by atoms with van der Waals surface area (Å²) in [5.41, 5.74) is 1.87. The van der Waals surface area contributed by atoms with Gasteiger partial charge in [0.2, 0.25) is 0 Å². The third-order valence-electron chi connectivity index (χ3n) is 3.17. The van der Waals surface area contributed by atoms with E-state index in [4.69, 9.17) is 9.47 Å². The van der Waals surface area contributed by atoms with Crippen LogP contribution in [0.3, 0.4) is 0 Å². The van der Waals surface area contributed by atoms with Crippen LogP contribution in [0.15, 0.2) is 24.4 Å². The molecule has 0 saturated carbocycles. The van der Waals surface area contributed by atoms with Crippen LogP contribution in [0.4, 0.5) is 0 Å². The molecular formula is C16H23N3O2. The number of benzene rings is 1. The molecule has 2 N–H and O–H groups in total. The lowest BCUT2D eigenvalue weighted by atomic mass is 10.1. The quantitative estimate of drug-likeness (QED) is 0.823. The van der Waals surface area contributed by atoms with E-state index in [-0.39, 0.29) is 0 Å². The Kier molecular flexibility index (Phi) is 5.22. The molecule has 0 bridgehead atoms. The van der Waals surface area contributed by atoms with Crippen molar-refractivity contribution in [2.45, 2.75) is 20.4 Å². The van der Waals surface area contributed by atoms with Crippen molar-refractivity contribution in [1.29, 1.82) is 0 Å². The smallest absolute Gasteiger partial charge is 0.128 e. The Morgan fingerprint density at radius 1 is 1.24 bits per heavy atom. The molecule has 1 heterocycles. The molecule has 2 rings (SSSR count). The van der Waals surface area contributed by atoms with Crippen LogP contribution in [0.2, 0.25) is 0 Å². The number of aromatic amines is 1. The fourth-order valence-corrected chi connectivity index (χ4v) is 2.09. The maximum Gasteiger partial charge on any atom is 0.128 e. The summed E-state index contributed by atoms with van der Waals surface area (Å²) in [7, 11) is 3.31. The fraction of sp³-hybridized carbons (Fsp3) is 0.438. The lowest BCUT2D eigenvalue weighted by Gasteiger charge is -2.09. The lowest BCUT2D eigenvalue weighted by molar-refractivity contribution is 0.404. The van der Waals surface area contributed by atoms with Gasteiger partial charge in [-0.15, -0.1) is 0 Å². The second-order valence-electron chi connectivity index (χ2n) is 5.33. The van der Waals surface area contributed by atoms with Gasteiger partial charge in [0.25, 0.3) is 0 Å². The minimum absolute atomic E-state index is 0.623. The number of ether oxygens (including phenoxy) is 2. The van der Waals surface area contributed by atoms with Crippen molar-refractivity contribution in [3.63, 3.8) is 0 Å². The normalized spacial score (nSPS) is 10.9. The van der Waals surface area contributed by atoms with Gasteiger partial charge in [0.05, 0.1) is 32.7 Å². The summed E-state index contributed by atoms with van der Waals surface area (Å²) in [6.45, 7) is 6.06. The van der Waals surface area contributed by atoms with Crippen LogP contribution in [0.5, 0.6) is 11.5 Å². The number of H-pyrrole nitrogens is 1. The Hall–Kier alpha value is -2.01. The lowest BCUT2D eigenvalue weighted by Crippen LogP contribution is -2.19. The minimum atomic E-state index is 0.623. The summed E-state index contributed by atoms with van der Waals surface area (Å²) >= 11 is 0. The summed E-state index contributed by atoms with van der Waals surface area (Å²) in [5, 5.41) is 3.37. The van der Waals surface area contributed by atoms with Gasteiger partial charge < -0.3 is 19.8 Å². The molecule has 2 aromatic rings. The van der Waals surface area contributed by atoms with Gasteiger partial charge in [-0.1, -0.05) is 13.8 Å². The van der Waals surface area contributed by atoms with Crippen molar-refractivity contribution in [2.24, 2.45) is 5.92 Å². The molecule has 21 heavy (non-hydrogen) atoms. The molecule has 1 aromatic carbocycles. The zero-order valence-electron chi connectivity index (χ0n) is 13.1. The molecule has 0 radical (unpaired) electrons. The van der Waals surface area contributed by atoms with E-state index in [2.05, 4.69) is 29.1 Å². The van der Waals surface area contributed by atoms with E-state index >= 15 is 0 Å². The molecule has 5 nitrogen and oxygen atoms in total. The monoisotopic (exact) mass is 289 g/mol. The van der Waals surface area contributed by atoms with Gasteiger partial charge >= 0.3 is 0 Å². The minimum Gasteiger partial charge on any atom is -0.497 e. The van der Waals surface area contributed by atoms with Crippen molar-refractivity contribution >= 4 is 0 Å². The van der Waals surface area contributed by atoms with Crippen molar-refractivity contribution in [2.75, 3.05) is 20.8 Å². The molecule has 1 aromatic heterocycles. The first-order valence-corrected chi connectivity index (χ1v) is 7.11. The highest BCUT2D eigenvalue weighted by atomic mass is 16.5. The summed E-state index contributed by atoms with van der Waals surface area (Å²) in [4.78, 5) is 7.73. The predicted octanol–water partition coefficient (Wildman–Crippen LogP) is 2.84. The number of imidazole rings is 1. The van der Waals surface area contributed by atoms with Crippen LogP contribution in [-0.2, 0) is 6.54 Å². The number of nitrogens with one attached hydrogen (secondary N) is 2. The summed E-state index contributed by atoms with van der Waals surface area (Å²) in [5.74, 6) is 3.12. The van der Waals surface area contributed by atoms with E-state index in [9.17, 15) is 0 Å². The molecule has 114 valence electrons. The highest BCUT2D eigenvalue weighted by Gasteiger charge is 2.10. The highest BCUT2D eigenvalue weighted by Crippen LogP contribution is 2.32. The Morgan fingerprint density at radius 3 is 2.71 bits per heavy atom. The second kappa shape index (κ2) is 7.13. The first-order chi connectivity index (χ1) is 10.1. The fourth-order valence-electron chi connectivity index (χ4n) is 2.09. The van der Waals surface area contributed by atoms with Crippen LogP contribution in [0.25, 0.3) is 11.3 Å². The molecular weight excluding hydrogens is 266 g/mol. The van der Waals surface area contributed by atoms with Gasteiger partial charge in [-0.25, -0.2) is 4.98 Å². The summed E-state index contributed by atoms with van der Waals surface area (Å²) in [6, 6.07) is 5.72. The van der Waals surface area contributed by atoms with Gasteiger partial charge in [0, 0.05) is 5.56 Å². The number of hydrogen-bond acceptors (Lipinski definition) is 4. The largest absolute Gasteiger partial charge is 0.497 e. The van der Waals surface area contributed by atoms with Gasteiger partial charge in [0.15, 0.2) is 0 Å². The zero-order chi connectivity index (χ0) is 15.2. The van der Waals surface area contributed by atoms with E-state index in [1.807, 2.05) is 24.4 Å². The predicted molar refractivity (Wildman–Crippen MR) is 83.7 cm³/mol. The van der Waals surface area contributed by atoms with E-state index < -0.39 is 0 Å². The van der Waals surface area contributed by atoms with Crippen LogP contribution in [0.1, 0.15) is 19.7 Å². The number of nitrogens with zero attached hydrogens (tertiary/aromatic N) is 1. The Bertz CT molecular complexity index is 579. The number of methoxy groups -OCH3 is 2. The maximum absolute atomic E-state index is 5.40. The van der Waals surface area contributed by atoms with Crippen molar-refractivity contribution < 1.29 is 9.47 Å². The van der Waals surface area contributed by atoms with Crippen LogP contribution < -0.4 is 14.8 Å². The third-order valence-corrected chi connectivity index (χ3v) is 3.17. The van der Waals surface area contributed by atoms with E-state index in [1.165, 1.54) is 0 Å². The molecule has 5 heteroatoms. The Balaban J connectivity index is 2.16. The zero-order valence-corrected chi connectivity index (χ0v) is 13.1. The average molecular weight is 289 g/mol. The van der Waals surface area contributed by atoms with Crippen LogP contribution >= 0.6 is 0 Å². The standard InChI is InChI=1S/C16H23N3O2/c1-11(2)8-17-10-16-18-9-14(19-16)13-7-12(20-3)5-6-15(13)21-4/h5-7,9,11,17H,8,10H2,1-4H3,(H,18,19). The van der Waals surface area contributed by atoms with Gasteiger partial charge in [0.1, 0.15) is 17.3 Å². The van der Waals surface area contributed by atoms with Crippen LogP contribution in [-0.4, -0.2) is 30.7 Å². The summed E-state index contributed by atoms with van der Waals surface area (Å²) < 4.78 is 10.7. The maximum atomic E-state index is 5.40. The number of hydrogen-bond donors (Lipinski definition) is 2. The SMILES string of the molecule is COc1ccc(OC)c(-c2cnc(CNCC(C)C)[nH]2)c1. The molecule has 0 spiro atoms. The molecule has 0 amide bonds. The first-order valence-electron chi connectivity index (χ1n) is 7.11. The van der Waals surface area contributed by atoms with E-state index in [0.29, 0.717) is 5.92 Å². The molecule has 0 atom stereocenters. The number of rotatable bonds is 7.